The Morgan fingerprint density at radius 3 is 3.03 bits per heavy atom. The fraction of sp³-hybridized carbons (Fsp3) is 0.652. The number of carbonyl (C=O) groups excluding carboxylic acids is 1. The number of hydrogen-bond acceptors (Lipinski definition) is 8. The van der Waals surface area contributed by atoms with E-state index in [4.69, 9.17) is 9.15 Å². The van der Waals surface area contributed by atoms with E-state index < -0.39 is 0 Å². The Hall–Kier alpha value is -2.17. The van der Waals surface area contributed by atoms with Crippen LogP contribution in [0.3, 0.4) is 0 Å². The van der Waals surface area contributed by atoms with Gasteiger partial charge in [-0.2, -0.15) is 0 Å². The van der Waals surface area contributed by atoms with E-state index in [9.17, 15) is 4.79 Å². The molecule has 4 heterocycles. The maximum atomic E-state index is 12.5. The van der Waals surface area contributed by atoms with Crippen LogP contribution in [-0.2, 0) is 16.6 Å². The summed E-state index contributed by atoms with van der Waals surface area (Å²) in [6, 6.07) is 0.444. The van der Waals surface area contributed by atoms with Crippen molar-refractivity contribution in [3.8, 4) is 11.6 Å². The number of hydrogen-bond donors (Lipinski definition) is 1. The van der Waals surface area contributed by atoms with Gasteiger partial charge in [-0.3, -0.25) is 4.79 Å². The van der Waals surface area contributed by atoms with Crippen molar-refractivity contribution in [2.24, 2.45) is 13.0 Å². The number of allylic oxidation sites excluding steroid dienone is 1. The molecule has 2 fully saturated rings. The van der Waals surface area contributed by atoms with Crippen LogP contribution < -0.4 is 5.32 Å². The van der Waals surface area contributed by atoms with Gasteiger partial charge in [0.05, 0.1) is 17.3 Å². The molecule has 1 aliphatic carbocycles. The summed E-state index contributed by atoms with van der Waals surface area (Å²) in [6.07, 6.45) is 11.0. The minimum atomic E-state index is -0.214. The molecular weight excluding hydrogens is 440 g/mol. The van der Waals surface area contributed by atoms with Gasteiger partial charge in [-0.25, -0.2) is 4.98 Å². The molecule has 3 aliphatic rings. The SMILES string of the molecule is Cc1ncoc1-c1nnc(SCCCC2CC3CC=CC4OCC(=O)N(C)C34CCN2)n1C. The molecule has 2 aromatic heterocycles. The van der Waals surface area contributed by atoms with Crippen molar-refractivity contribution in [3.05, 3.63) is 24.2 Å². The minimum absolute atomic E-state index is 0.00756. The van der Waals surface area contributed by atoms with Gasteiger partial charge in [0.15, 0.2) is 17.3 Å². The maximum Gasteiger partial charge on any atom is 0.248 e. The molecule has 0 bridgehead atoms. The average Bonchev–Trinajstić information content (AvgIpc) is 3.32. The lowest BCUT2D eigenvalue weighted by molar-refractivity contribution is -0.172. The van der Waals surface area contributed by atoms with Crippen LogP contribution >= 0.6 is 11.8 Å². The Morgan fingerprint density at radius 2 is 2.21 bits per heavy atom. The quantitative estimate of drug-likeness (QED) is 0.389. The number of morpholine rings is 1. The second-order valence-corrected chi connectivity index (χ2v) is 10.4. The van der Waals surface area contributed by atoms with Crippen LogP contribution in [0.4, 0.5) is 0 Å². The van der Waals surface area contributed by atoms with Gasteiger partial charge >= 0.3 is 0 Å². The molecule has 10 heteroatoms. The first kappa shape index (κ1) is 22.6. The van der Waals surface area contributed by atoms with E-state index in [2.05, 4.69) is 32.7 Å². The van der Waals surface area contributed by atoms with Crippen molar-refractivity contribution >= 4 is 17.7 Å². The molecule has 2 saturated heterocycles. The van der Waals surface area contributed by atoms with E-state index in [-0.39, 0.29) is 24.2 Å². The van der Waals surface area contributed by atoms with Crippen LogP contribution in [0.25, 0.3) is 11.6 Å². The molecule has 1 amide bonds. The number of thioether (sulfide) groups is 1. The highest BCUT2D eigenvalue weighted by atomic mass is 32.2. The number of aryl methyl sites for hydroxylation is 1. The smallest absolute Gasteiger partial charge is 0.248 e. The highest BCUT2D eigenvalue weighted by molar-refractivity contribution is 7.99. The number of nitrogens with zero attached hydrogens (tertiary/aromatic N) is 5. The fourth-order valence-corrected chi connectivity index (χ4v) is 6.58. The largest absolute Gasteiger partial charge is 0.440 e. The van der Waals surface area contributed by atoms with E-state index in [1.54, 1.807) is 11.8 Å². The summed E-state index contributed by atoms with van der Waals surface area (Å²) in [5.74, 6) is 2.87. The molecule has 0 aromatic carbocycles. The molecule has 33 heavy (non-hydrogen) atoms. The van der Waals surface area contributed by atoms with Gasteiger partial charge in [-0.05, 0) is 51.5 Å². The topological polar surface area (TPSA) is 98.3 Å². The third-order valence-electron chi connectivity index (χ3n) is 7.56. The summed E-state index contributed by atoms with van der Waals surface area (Å²) in [5, 5.41) is 13.3. The molecule has 4 unspecified atom stereocenters. The van der Waals surface area contributed by atoms with Gasteiger partial charge in [0.25, 0.3) is 0 Å². The van der Waals surface area contributed by atoms with Crippen LogP contribution in [0.1, 0.15) is 37.8 Å². The Balaban J connectivity index is 1.18. The highest BCUT2D eigenvalue weighted by Gasteiger charge is 2.54. The van der Waals surface area contributed by atoms with Gasteiger partial charge in [-0.15, -0.1) is 10.2 Å². The number of carbonyl (C=O) groups is 1. The number of amides is 1. The third-order valence-corrected chi connectivity index (χ3v) is 8.66. The maximum absolute atomic E-state index is 12.5. The summed E-state index contributed by atoms with van der Waals surface area (Å²) >= 11 is 1.72. The molecule has 9 nitrogen and oxygen atoms in total. The first-order chi connectivity index (χ1) is 16.0. The van der Waals surface area contributed by atoms with Crippen molar-refractivity contribution in [3.63, 3.8) is 0 Å². The molecule has 4 atom stereocenters. The zero-order chi connectivity index (χ0) is 23.0. The zero-order valence-corrected chi connectivity index (χ0v) is 20.3. The monoisotopic (exact) mass is 472 g/mol. The summed E-state index contributed by atoms with van der Waals surface area (Å²) in [6.45, 7) is 3.00. The molecule has 2 aliphatic heterocycles. The van der Waals surface area contributed by atoms with Crippen molar-refractivity contribution in [1.82, 2.24) is 30.0 Å². The van der Waals surface area contributed by atoms with Crippen molar-refractivity contribution in [1.29, 1.82) is 0 Å². The molecular formula is C23H32N6O3S. The van der Waals surface area contributed by atoms with E-state index in [1.807, 2.05) is 30.5 Å². The van der Waals surface area contributed by atoms with Crippen molar-refractivity contribution in [2.45, 2.75) is 61.9 Å². The highest BCUT2D eigenvalue weighted by Crippen LogP contribution is 2.45. The lowest BCUT2D eigenvalue weighted by Crippen LogP contribution is -2.67. The van der Waals surface area contributed by atoms with Crippen molar-refractivity contribution in [2.75, 3.05) is 26.0 Å². The summed E-state index contributed by atoms with van der Waals surface area (Å²) in [5.41, 5.74) is 0.601. The molecule has 5 rings (SSSR count). The van der Waals surface area contributed by atoms with Gasteiger partial charge in [0.2, 0.25) is 11.7 Å². The first-order valence-electron chi connectivity index (χ1n) is 11.7. The summed E-state index contributed by atoms with van der Waals surface area (Å²) in [4.78, 5) is 18.6. The van der Waals surface area contributed by atoms with E-state index in [0.717, 1.165) is 55.3 Å². The number of nitrogens with one attached hydrogen (secondary N) is 1. The Kier molecular flexibility index (Phi) is 6.32. The number of aromatic nitrogens is 4. The number of oxazole rings is 1. The Labute approximate surface area is 198 Å². The third kappa shape index (κ3) is 4.02. The van der Waals surface area contributed by atoms with E-state index >= 15 is 0 Å². The van der Waals surface area contributed by atoms with E-state index in [1.165, 1.54) is 6.39 Å². The molecule has 1 spiro atoms. The van der Waals surface area contributed by atoms with Gasteiger partial charge in [0, 0.05) is 25.9 Å². The predicted molar refractivity (Wildman–Crippen MR) is 125 cm³/mol. The van der Waals surface area contributed by atoms with Gasteiger partial charge in [0.1, 0.15) is 6.61 Å². The second kappa shape index (κ2) is 9.23. The van der Waals surface area contributed by atoms with Crippen molar-refractivity contribution < 1.29 is 13.9 Å². The first-order valence-corrected chi connectivity index (χ1v) is 12.7. The zero-order valence-electron chi connectivity index (χ0n) is 19.5. The molecule has 1 N–H and O–H groups in total. The molecule has 0 saturated carbocycles. The normalized spacial score (nSPS) is 29.6. The van der Waals surface area contributed by atoms with Gasteiger partial charge in [-0.1, -0.05) is 23.9 Å². The summed E-state index contributed by atoms with van der Waals surface area (Å²) in [7, 11) is 3.93. The van der Waals surface area contributed by atoms with Crippen LogP contribution in [0.15, 0.2) is 28.1 Å². The lowest BCUT2D eigenvalue weighted by atomic mass is 9.68. The minimum Gasteiger partial charge on any atom is -0.440 e. The lowest BCUT2D eigenvalue weighted by Gasteiger charge is -2.54. The van der Waals surface area contributed by atoms with Crippen LogP contribution in [0.2, 0.25) is 0 Å². The average molecular weight is 473 g/mol. The standard InChI is InChI=1S/C23H32N6O3S/c1-15-20(32-14-25-15)21-26-27-22(28(21)2)33-11-5-7-17-12-16-6-4-8-18-23(16,9-10-24-17)29(3)19(30)13-31-18/h4,8,14,16-18,24H,5-7,9-13H2,1-3H3. The van der Waals surface area contributed by atoms with Crippen LogP contribution in [0, 0.1) is 12.8 Å². The Bertz CT molecular complexity index is 1040. The van der Waals surface area contributed by atoms with Crippen LogP contribution in [-0.4, -0.2) is 74.2 Å². The number of likely N-dealkylation sites (N-methyl/N-ethyl adjacent to an activating group) is 1. The summed E-state index contributed by atoms with van der Waals surface area (Å²) < 4.78 is 13.4. The predicted octanol–water partition coefficient (Wildman–Crippen LogP) is 2.57. The molecule has 2 aromatic rings. The molecule has 0 radical (unpaired) electrons. The van der Waals surface area contributed by atoms with E-state index in [0.29, 0.717) is 23.5 Å². The van der Waals surface area contributed by atoms with Gasteiger partial charge < -0.3 is 23.9 Å². The number of rotatable bonds is 6. The second-order valence-electron chi connectivity index (χ2n) is 9.30. The number of ether oxygens (including phenoxy) is 1. The Morgan fingerprint density at radius 1 is 1.33 bits per heavy atom. The fourth-order valence-electron chi connectivity index (χ4n) is 5.71. The van der Waals surface area contributed by atoms with Crippen LogP contribution in [0.5, 0.6) is 0 Å². The molecule has 178 valence electrons.